The maximum atomic E-state index is 12.5. The number of rotatable bonds is 4. The Hall–Kier alpha value is -1.73. The maximum Gasteiger partial charge on any atom is 0.273 e. The van der Waals surface area contributed by atoms with Gasteiger partial charge in [0.15, 0.2) is 5.69 Å². The van der Waals surface area contributed by atoms with Gasteiger partial charge in [-0.1, -0.05) is 33.6 Å². The number of nitrogens with one attached hydrogen (secondary N) is 1. The van der Waals surface area contributed by atoms with Crippen molar-refractivity contribution in [2.24, 2.45) is 11.7 Å². The second-order valence-corrected chi connectivity index (χ2v) is 6.84. The molecule has 1 aliphatic rings. The number of carbonyl (C=O) groups excluding carboxylic acids is 1. The number of benzene rings is 1. The Balaban J connectivity index is 1.80. The second kappa shape index (κ2) is 6.80. The van der Waals surface area contributed by atoms with E-state index in [1.807, 2.05) is 31.2 Å². The van der Waals surface area contributed by atoms with Gasteiger partial charge in [-0.25, -0.2) is 4.68 Å². The van der Waals surface area contributed by atoms with E-state index in [1.165, 1.54) is 0 Å². The third kappa shape index (κ3) is 3.30. The predicted octanol–water partition coefficient (Wildman–Crippen LogP) is 2.20. The minimum absolute atomic E-state index is 0.142. The molecule has 0 aliphatic heterocycles. The summed E-state index contributed by atoms with van der Waals surface area (Å²) in [6, 6.07) is 7.87. The minimum atomic E-state index is -0.172. The monoisotopic (exact) mass is 377 g/mol. The van der Waals surface area contributed by atoms with Crippen LogP contribution in [0.4, 0.5) is 0 Å². The quantitative estimate of drug-likeness (QED) is 0.854. The number of nitrogens with two attached hydrogens (primary N) is 1. The fraction of sp³-hybridized carbons (Fsp3) is 0.438. The van der Waals surface area contributed by atoms with Crippen molar-refractivity contribution in [1.82, 2.24) is 20.3 Å². The first kappa shape index (κ1) is 16.1. The third-order valence-electron chi connectivity index (χ3n) is 4.44. The van der Waals surface area contributed by atoms with Crippen LogP contribution >= 0.6 is 15.9 Å². The van der Waals surface area contributed by atoms with E-state index < -0.39 is 0 Å². The van der Waals surface area contributed by atoms with Crippen LogP contribution in [0.25, 0.3) is 5.69 Å². The largest absolute Gasteiger partial charge is 0.348 e. The van der Waals surface area contributed by atoms with Gasteiger partial charge in [0.2, 0.25) is 0 Å². The third-order valence-corrected chi connectivity index (χ3v) is 4.93. The highest BCUT2D eigenvalue weighted by Crippen LogP contribution is 2.25. The van der Waals surface area contributed by atoms with Gasteiger partial charge in [-0.2, -0.15) is 0 Å². The lowest BCUT2D eigenvalue weighted by molar-refractivity contribution is 0.0923. The molecule has 2 atom stereocenters. The summed E-state index contributed by atoms with van der Waals surface area (Å²) < 4.78 is 2.63. The molecule has 6 nitrogen and oxygen atoms in total. The molecular weight excluding hydrogens is 358 g/mol. The van der Waals surface area contributed by atoms with Crippen LogP contribution in [0, 0.1) is 12.8 Å². The first-order valence-electron chi connectivity index (χ1n) is 7.79. The first-order chi connectivity index (χ1) is 11.1. The van der Waals surface area contributed by atoms with Gasteiger partial charge in [-0.15, -0.1) is 5.10 Å². The Bertz CT molecular complexity index is 714. The van der Waals surface area contributed by atoms with Crippen LogP contribution in [0.5, 0.6) is 0 Å². The molecule has 3 N–H and O–H groups in total. The molecule has 3 rings (SSSR count). The standard InChI is InChI=1S/C16H20BrN5O/c1-10-15(16(23)19-14-7-2-4-11(14)9-18)20-21-22(10)13-6-3-5-12(17)8-13/h3,5-6,8,11,14H,2,4,7,9,18H2,1H3,(H,19,23). The van der Waals surface area contributed by atoms with Crippen molar-refractivity contribution in [2.75, 3.05) is 6.54 Å². The molecule has 23 heavy (non-hydrogen) atoms. The molecule has 1 fully saturated rings. The van der Waals surface area contributed by atoms with Crippen LogP contribution < -0.4 is 11.1 Å². The Labute approximate surface area is 143 Å². The number of amides is 1. The Kier molecular flexibility index (Phi) is 4.77. The van der Waals surface area contributed by atoms with E-state index in [0.29, 0.717) is 18.2 Å². The highest BCUT2D eigenvalue weighted by atomic mass is 79.9. The van der Waals surface area contributed by atoms with E-state index in [0.717, 1.165) is 35.1 Å². The highest BCUT2D eigenvalue weighted by molar-refractivity contribution is 9.10. The topological polar surface area (TPSA) is 85.8 Å². The summed E-state index contributed by atoms with van der Waals surface area (Å²) in [4.78, 5) is 12.5. The van der Waals surface area contributed by atoms with Crippen LogP contribution in [-0.4, -0.2) is 33.5 Å². The molecule has 0 radical (unpaired) electrons. The van der Waals surface area contributed by atoms with Crippen molar-refractivity contribution in [3.05, 3.63) is 40.1 Å². The fourth-order valence-electron chi connectivity index (χ4n) is 3.14. The fourth-order valence-corrected chi connectivity index (χ4v) is 3.52. The number of hydrogen-bond acceptors (Lipinski definition) is 4. The summed E-state index contributed by atoms with van der Waals surface area (Å²) in [5.41, 5.74) is 7.73. The van der Waals surface area contributed by atoms with Crippen LogP contribution in [0.2, 0.25) is 0 Å². The molecule has 0 spiro atoms. The maximum absolute atomic E-state index is 12.5. The first-order valence-corrected chi connectivity index (χ1v) is 8.58. The normalized spacial score (nSPS) is 20.7. The average molecular weight is 378 g/mol. The lowest BCUT2D eigenvalue weighted by Gasteiger charge is -2.18. The summed E-state index contributed by atoms with van der Waals surface area (Å²) in [6.07, 6.45) is 3.16. The van der Waals surface area contributed by atoms with Gasteiger partial charge in [0, 0.05) is 10.5 Å². The van der Waals surface area contributed by atoms with Gasteiger partial charge in [-0.3, -0.25) is 4.79 Å². The lowest BCUT2D eigenvalue weighted by Crippen LogP contribution is -2.40. The molecule has 1 aromatic heterocycles. The zero-order valence-electron chi connectivity index (χ0n) is 13.0. The van der Waals surface area contributed by atoms with Gasteiger partial charge in [0.1, 0.15) is 0 Å². The Morgan fingerprint density at radius 3 is 3.04 bits per heavy atom. The summed E-state index contributed by atoms with van der Waals surface area (Å²) in [5, 5.41) is 11.3. The van der Waals surface area contributed by atoms with Gasteiger partial charge in [0.05, 0.1) is 11.4 Å². The number of halogens is 1. The molecule has 0 bridgehead atoms. The van der Waals surface area contributed by atoms with E-state index in [2.05, 4.69) is 31.6 Å². The highest BCUT2D eigenvalue weighted by Gasteiger charge is 2.29. The molecule has 7 heteroatoms. The van der Waals surface area contributed by atoms with Crippen molar-refractivity contribution in [1.29, 1.82) is 0 Å². The minimum Gasteiger partial charge on any atom is -0.348 e. The van der Waals surface area contributed by atoms with Crippen molar-refractivity contribution in [3.63, 3.8) is 0 Å². The second-order valence-electron chi connectivity index (χ2n) is 5.92. The smallest absolute Gasteiger partial charge is 0.273 e. The number of nitrogens with zero attached hydrogens (tertiary/aromatic N) is 3. The van der Waals surface area contributed by atoms with Crippen molar-refractivity contribution < 1.29 is 4.79 Å². The molecular formula is C16H20BrN5O. The predicted molar refractivity (Wildman–Crippen MR) is 91.4 cm³/mol. The van der Waals surface area contributed by atoms with Crippen molar-refractivity contribution in [3.8, 4) is 5.69 Å². The number of carbonyl (C=O) groups is 1. The van der Waals surface area contributed by atoms with E-state index >= 15 is 0 Å². The van der Waals surface area contributed by atoms with E-state index in [-0.39, 0.29) is 11.9 Å². The SMILES string of the molecule is Cc1c(C(=O)NC2CCCC2CN)nnn1-c1cccc(Br)c1. The number of hydrogen-bond donors (Lipinski definition) is 2. The number of aromatic nitrogens is 3. The van der Waals surface area contributed by atoms with E-state index in [9.17, 15) is 4.79 Å². The van der Waals surface area contributed by atoms with Gasteiger partial charge in [0.25, 0.3) is 5.91 Å². The van der Waals surface area contributed by atoms with Gasteiger partial charge in [-0.05, 0) is 50.4 Å². The summed E-state index contributed by atoms with van der Waals surface area (Å²) in [6.45, 7) is 2.46. The van der Waals surface area contributed by atoms with Crippen molar-refractivity contribution in [2.45, 2.75) is 32.2 Å². The molecule has 0 saturated heterocycles. The molecule has 2 unspecified atom stereocenters. The van der Waals surface area contributed by atoms with Gasteiger partial charge >= 0.3 is 0 Å². The molecule has 1 heterocycles. The summed E-state index contributed by atoms with van der Waals surface area (Å²) >= 11 is 3.44. The molecule has 122 valence electrons. The molecule has 1 aromatic carbocycles. The molecule has 1 aliphatic carbocycles. The van der Waals surface area contributed by atoms with Crippen LogP contribution in [0.15, 0.2) is 28.7 Å². The Morgan fingerprint density at radius 2 is 2.30 bits per heavy atom. The van der Waals surface area contributed by atoms with Crippen LogP contribution in [0.1, 0.15) is 35.4 Å². The molecule has 1 saturated carbocycles. The van der Waals surface area contributed by atoms with E-state index in [4.69, 9.17) is 5.73 Å². The zero-order chi connectivity index (χ0) is 16.4. The molecule has 2 aromatic rings. The lowest BCUT2D eigenvalue weighted by atomic mass is 10.0. The van der Waals surface area contributed by atoms with Crippen molar-refractivity contribution >= 4 is 21.8 Å². The van der Waals surface area contributed by atoms with Crippen LogP contribution in [-0.2, 0) is 0 Å². The summed E-state index contributed by atoms with van der Waals surface area (Å²) in [7, 11) is 0. The van der Waals surface area contributed by atoms with E-state index in [1.54, 1.807) is 4.68 Å². The van der Waals surface area contributed by atoms with Gasteiger partial charge < -0.3 is 11.1 Å². The zero-order valence-corrected chi connectivity index (χ0v) is 14.6. The average Bonchev–Trinajstić information content (AvgIpc) is 3.13. The Morgan fingerprint density at radius 1 is 1.48 bits per heavy atom. The summed E-state index contributed by atoms with van der Waals surface area (Å²) in [5.74, 6) is 0.188. The van der Waals surface area contributed by atoms with Crippen LogP contribution in [0.3, 0.4) is 0 Å². The molecule has 1 amide bonds.